The van der Waals surface area contributed by atoms with Gasteiger partial charge in [0.15, 0.2) is 6.04 Å². The van der Waals surface area contributed by atoms with E-state index in [-0.39, 0.29) is 25.8 Å². The summed E-state index contributed by atoms with van der Waals surface area (Å²) in [6.07, 6.45) is -2.22. The second-order valence-corrected chi connectivity index (χ2v) is 7.45. The molecular formula is C18H28N4O10. The van der Waals surface area contributed by atoms with Gasteiger partial charge in [-0.2, -0.15) is 0 Å². The molecule has 0 aromatic heterocycles. The molecule has 0 aromatic carbocycles. The van der Waals surface area contributed by atoms with Gasteiger partial charge in [-0.05, 0) is 26.2 Å². The fourth-order valence-electron chi connectivity index (χ4n) is 3.21. The number of carbonyl (C=O) groups is 6. The minimum absolute atomic E-state index is 0.140. The lowest BCUT2D eigenvalue weighted by molar-refractivity contribution is -0.146. The summed E-state index contributed by atoms with van der Waals surface area (Å²) in [5, 5.41) is 40.5. The van der Waals surface area contributed by atoms with E-state index in [0.29, 0.717) is 6.42 Å². The van der Waals surface area contributed by atoms with E-state index in [0.717, 1.165) is 11.8 Å². The molecule has 14 nitrogen and oxygen atoms in total. The first-order valence-electron chi connectivity index (χ1n) is 9.86. The van der Waals surface area contributed by atoms with E-state index in [1.165, 1.54) is 0 Å². The molecule has 14 heteroatoms. The number of aliphatic hydroxyl groups is 1. The normalized spacial score (nSPS) is 19.3. The topological polar surface area (TPSA) is 237 Å². The van der Waals surface area contributed by atoms with Gasteiger partial charge >= 0.3 is 17.9 Å². The molecule has 32 heavy (non-hydrogen) atoms. The Labute approximate surface area is 182 Å². The lowest BCUT2D eigenvalue weighted by Gasteiger charge is -2.28. The summed E-state index contributed by atoms with van der Waals surface area (Å²) >= 11 is 0. The lowest BCUT2D eigenvalue weighted by atomic mass is 10.1. The van der Waals surface area contributed by atoms with Crippen LogP contribution >= 0.6 is 0 Å². The predicted octanol–water partition coefficient (Wildman–Crippen LogP) is -2.92. The third kappa shape index (κ3) is 7.77. The molecule has 1 aliphatic heterocycles. The van der Waals surface area contributed by atoms with Gasteiger partial charge in [0, 0.05) is 13.0 Å². The molecule has 1 rings (SSSR count). The Morgan fingerprint density at radius 1 is 1.06 bits per heavy atom. The van der Waals surface area contributed by atoms with E-state index in [9.17, 15) is 33.9 Å². The monoisotopic (exact) mass is 460 g/mol. The molecule has 1 fully saturated rings. The van der Waals surface area contributed by atoms with Crippen LogP contribution in [0.25, 0.3) is 0 Å². The van der Waals surface area contributed by atoms with Crippen molar-refractivity contribution >= 4 is 35.6 Å². The number of likely N-dealkylation sites (tertiary alicyclic amines) is 1. The number of nitrogens with two attached hydrogens (primary N) is 1. The van der Waals surface area contributed by atoms with Gasteiger partial charge in [-0.3, -0.25) is 24.0 Å². The van der Waals surface area contributed by atoms with Crippen molar-refractivity contribution in [3.8, 4) is 0 Å². The van der Waals surface area contributed by atoms with Crippen LogP contribution in [0.2, 0.25) is 0 Å². The van der Waals surface area contributed by atoms with Crippen LogP contribution in [0.4, 0.5) is 0 Å². The molecular weight excluding hydrogens is 432 g/mol. The van der Waals surface area contributed by atoms with Crippen LogP contribution in [0.1, 0.15) is 39.0 Å². The number of nitrogens with zero attached hydrogens (tertiary/aromatic N) is 1. The number of aliphatic hydroxyl groups excluding tert-OH is 1. The molecule has 8 N–H and O–H groups in total. The third-order valence-corrected chi connectivity index (χ3v) is 4.88. The first-order valence-corrected chi connectivity index (χ1v) is 9.86. The van der Waals surface area contributed by atoms with Crippen LogP contribution in [0.15, 0.2) is 0 Å². The zero-order valence-corrected chi connectivity index (χ0v) is 17.4. The summed E-state index contributed by atoms with van der Waals surface area (Å²) in [7, 11) is 0. The number of rotatable bonds is 12. The Morgan fingerprint density at radius 3 is 2.19 bits per heavy atom. The van der Waals surface area contributed by atoms with Gasteiger partial charge in [-0.25, -0.2) is 4.79 Å². The molecule has 1 saturated heterocycles. The zero-order valence-electron chi connectivity index (χ0n) is 17.4. The molecule has 0 aliphatic carbocycles. The van der Waals surface area contributed by atoms with Crippen LogP contribution in [0.3, 0.4) is 0 Å². The van der Waals surface area contributed by atoms with Crippen LogP contribution in [-0.4, -0.2) is 97.8 Å². The van der Waals surface area contributed by atoms with E-state index in [4.69, 9.17) is 21.1 Å². The highest BCUT2D eigenvalue weighted by atomic mass is 16.4. The van der Waals surface area contributed by atoms with E-state index in [2.05, 4.69) is 5.32 Å². The quantitative estimate of drug-likeness (QED) is 0.156. The highest BCUT2D eigenvalue weighted by Crippen LogP contribution is 2.19. The first-order chi connectivity index (χ1) is 14.8. The third-order valence-electron chi connectivity index (χ3n) is 4.88. The molecule has 0 saturated carbocycles. The minimum Gasteiger partial charge on any atom is -0.481 e. The Morgan fingerprint density at radius 2 is 1.69 bits per heavy atom. The average molecular weight is 460 g/mol. The van der Waals surface area contributed by atoms with Gasteiger partial charge in [0.05, 0.1) is 18.6 Å². The van der Waals surface area contributed by atoms with Gasteiger partial charge in [-0.1, -0.05) is 0 Å². The maximum atomic E-state index is 12.7. The summed E-state index contributed by atoms with van der Waals surface area (Å²) in [4.78, 5) is 71.8. The van der Waals surface area contributed by atoms with E-state index >= 15 is 0 Å². The molecule has 180 valence electrons. The Balaban J connectivity index is 2.91. The van der Waals surface area contributed by atoms with Crippen molar-refractivity contribution in [2.75, 3.05) is 6.54 Å². The summed E-state index contributed by atoms with van der Waals surface area (Å²) in [5.41, 5.74) is 5.73. The summed E-state index contributed by atoms with van der Waals surface area (Å²) in [5.74, 6) is -6.78. The largest absolute Gasteiger partial charge is 0.481 e. The number of nitrogens with one attached hydrogen (secondary N) is 2. The SMILES string of the molecule is CC(O)C(NC(=O)C(CC(=O)O)NC(=O)C1CCCN1C(=O)C(N)CCC(=O)O)C(=O)O. The summed E-state index contributed by atoms with van der Waals surface area (Å²) in [6.45, 7) is 1.27. The molecule has 3 amide bonds. The Bertz CT molecular complexity index is 756. The van der Waals surface area contributed by atoms with Crippen LogP contribution in [0.5, 0.6) is 0 Å². The summed E-state index contributed by atoms with van der Waals surface area (Å²) in [6, 6.07) is -5.61. The highest BCUT2D eigenvalue weighted by molar-refractivity contribution is 5.96. The smallest absolute Gasteiger partial charge is 0.328 e. The van der Waals surface area contributed by atoms with Gasteiger partial charge in [-0.15, -0.1) is 0 Å². The Kier molecular flexibility index (Phi) is 10.00. The van der Waals surface area contributed by atoms with Crippen molar-refractivity contribution in [1.82, 2.24) is 15.5 Å². The molecule has 1 heterocycles. The van der Waals surface area contributed by atoms with Gasteiger partial charge in [0.2, 0.25) is 17.7 Å². The van der Waals surface area contributed by atoms with E-state index in [1.807, 2.05) is 5.32 Å². The maximum absolute atomic E-state index is 12.7. The number of carboxylic acid groups (broad SMARTS) is 3. The number of amides is 3. The average Bonchev–Trinajstić information content (AvgIpc) is 3.17. The lowest BCUT2D eigenvalue weighted by Crippen LogP contribution is -2.58. The van der Waals surface area contributed by atoms with Crippen molar-refractivity contribution in [3.63, 3.8) is 0 Å². The maximum Gasteiger partial charge on any atom is 0.328 e. The zero-order chi connectivity index (χ0) is 24.6. The van der Waals surface area contributed by atoms with Gasteiger partial charge in [0.1, 0.15) is 12.1 Å². The van der Waals surface area contributed by atoms with Crippen molar-refractivity contribution in [2.45, 2.75) is 69.3 Å². The van der Waals surface area contributed by atoms with Crippen LogP contribution < -0.4 is 16.4 Å². The summed E-state index contributed by atoms with van der Waals surface area (Å²) < 4.78 is 0. The van der Waals surface area contributed by atoms with Gasteiger partial charge < -0.3 is 41.7 Å². The number of hydrogen-bond acceptors (Lipinski definition) is 8. The second kappa shape index (κ2) is 12.0. The van der Waals surface area contributed by atoms with Crippen molar-refractivity contribution in [2.24, 2.45) is 5.73 Å². The predicted molar refractivity (Wildman–Crippen MR) is 105 cm³/mol. The standard InChI is InChI=1S/C18H28N4O10/c1-8(23)14(18(31)32)21-15(28)10(7-13(26)27)20-16(29)11-3-2-6-22(11)17(30)9(19)4-5-12(24)25/h8-11,14,23H,2-7,19H2,1H3,(H,20,29)(H,21,28)(H,24,25)(H,26,27)(H,31,32). The highest BCUT2D eigenvalue weighted by Gasteiger charge is 2.38. The van der Waals surface area contributed by atoms with Gasteiger partial charge in [0.25, 0.3) is 0 Å². The van der Waals surface area contributed by atoms with E-state index in [1.54, 1.807) is 0 Å². The molecule has 0 aromatic rings. The molecule has 5 unspecified atom stereocenters. The number of carbonyl (C=O) groups excluding carboxylic acids is 3. The number of carboxylic acids is 3. The second-order valence-electron chi connectivity index (χ2n) is 7.45. The van der Waals surface area contributed by atoms with Crippen molar-refractivity contribution < 1.29 is 49.2 Å². The molecule has 0 spiro atoms. The van der Waals surface area contributed by atoms with Crippen molar-refractivity contribution in [1.29, 1.82) is 0 Å². The first kappa shape index (κ1) is 26.8. The Hall–Kier alpha value is -3.26. The van der Waals surface area contributed by atoms with Crippen molar-refractivity contribution in [3.05, 3.63) is 0 Å². The molecule has 0 radical (unpaired) electrons. The molecule has 0 bridgehead atoms. The number of hydrogen-bond donors (Lipinski definition) is 7. The molecule has 1 aliphatic rings. The van der Waals surface area contributed by atoms with Crippen LogP contribution in [-0.2, 0) is 28.8 Å². The fraction of sp³-hybridized carbons (Fsp3) is 0.667. The number of aliphatic carboxylic acids is 3. The fourth-order valence-corrected chi connectivity index (χ4v) is 3.21. The van der Waals surface area contributed by atoms with E-state index < -0.39 is 72.3 Å². The minimum atomic E-state index is -1.73. The van der Waals surface area contributed by atoms with Crippen LogP contribution in [0, 0.1) is 0 Å². The molecule has 5 atom stereocenters.